The van der Waals surface area contributed by atoms with Crippen molar-refractivity contribution in [2.45, 2.75) is 18.7 Å². The molecule has 0 radical (unpaired) electrons. The summed E-state index contributed by atoms with van der Waals surface area (Å²) in [5.74, 6) is 2.29. The molecule has 0 aromatic heterocycles. The van der Waals surface area contributed by atoms with Crippen molar-refractivity contribution >= 4 is 5.71 Å². The lowest BCUT2D eigenvalue weighted by molar-refractivity contribution is -0.0209. The molecular formula is C24H22N2O4. The Morgan fingerprint density at radius 1 is 1.00 bits per heavy atom. The topological polar surface area (TPSA) is 63.5 Å². The van der Waals surface area contributed by atoms with Crippen molar-refractivity contribution in [3.8, 4) is 23.0 Å². The van der Waals surface area contributed by atoms with E-state index in [1.807, 2.05) is 59.6 Å². The SMILES string of the molecule is COc1ccc(O)c(C2=NN3[C@H](C2)c2cccc(OC)c2O[C@H]3c2ccccc2)c1. The summed E-state index contributed by atoms with van der Waals surface area (Å²) in [6, 6.07) is 21.1. The molecule has 30 heavy (non-hydrogen) atoms. The van der Waals surface area contributed by atoms with Crippen LogP contribution in [0.3, 0.4) is 0 Å². The molecular weight excluding hydrogens is 380 g/mol. The van der Waals surface area contributed by atoms with Crippen LogP contribution in [0.15, 0.2) is 71.8 Å². The molecule has 0 unspecified atom stereocenters. The summed E-state index contributed by atoms with van der Waals surface area (Å²) in [4.78, 5) is 0. The molecule has 6 heteroatoms. The van der Waals surface area contributed by atoms with Crippen molar-refractivity contribution < 1.29 is 19.3 Å². The number of hydrogen-bond donors (Lipinski definition) is 1. The van der Waals surface area contributed by atoms with Gasteiger partial charge in [-0.2, -0.15) is 5.10 Å². The number of ether oxygens (including phenoxy) is 3. The van der Waals surface area contributed by atoms with Gasteiger partial charge in [0.2, 0.25) is 6.23 Å². The Morgan fingerprint density at radius 2 is 1.83 bits per heavy atom. The standard InChI is InChI=1S/C24H22N2O4/c1-28-16-11-12-21(27)18(13-16)19-14-20-17-9-6-10-22(29-2)23(17)30-24(26(20)25-19)15-7-4-3-5-8-15/h3-13,20,24,27H,14H2,1-2H3/t20-,24+/m1/s1. The molecule has 152 valence electrons. The molecule has 3 aromatic carbocycles. The first kappa shape index (κ1) is 18.4. The average molecular weight is 402 g/mol. The highest BCUT2D eigenvalue weighted by Gasteiger charge is 2.42. The lowest BCUT2D eigenvalue weighted by atomic mass is 9.95. The first-order valence-electron chi connectivity index (χ1n) is 9.81. The fourth-order valence-corrected chi connectivity index (χ4v) is 4.12. The predicted octanol–water partition coefficient (Wildman–Crippen LogP) is 4.65. The van der Waals surface area contributed by atoms with Crippen LogP contribution in [0.1, 0.15) is 35.4 Å². The van der Waals surface area contributed by atoms with Gasteiger partial charge < -0.3 is 19.3 Å². The van der Waals surface area contributed by atoms with Crippen LogP contribution < -0.4 is 14.2 Å². The highest BCUT2D eigenvalue weighted by Crippen LogP contribution is 2.51. The number of methoxy groups -OCH3 is 2. The Labute approximate surface area is 174 Å². The summed E-state index contributed by atoms with van der Waals surface area (Å²) in [5, 5.41) is 17.4. The fourth-order valence-electron chi connectivity index (χ4n) is 4.12. The molecule has 2 aliphatic rings. The van der Waals surface area contributed by atoms with Crippen molar-refractivity contribution in [1.82, 2.24) is 5.01 Å². The van der Waals surface area contributed by atoms with Crippen molar-refractivity contribution in [3.05, 3.63) is 83.4 Å². The number of hydrogen-bond acceptors (Lipinski definition) is 6. The highest BCUT2D eigenvalue weighted by molar-refractivity contribution is 6.04. The van der Waals surface area contributed by atoms with Gasteiger partial charge in [0.05, 0.1) is 26.0 Å². The van der Waals surface area contributed by atoms with Gasteiger partial charge in [-0.3, -0.25) is 0 Å². The third-order valence-electron chi connectivity index (χ3n) is 5.60. The van der Waals surface area contributed by atoms with Gasteiger partial charge in [-0.05, 0) is 24.3 Å². The summed E-state index contributed by atoms with van der Waals surface area (Å²) in [5.41, 5.74) is 3.47. The summed E-state index contributed by atoms with van der Waals surface area (Å²) in [7, 11) is 3.26. The van der Waals surface area contributed by atoms with Crippen LogP contribution in [-0.4, -0.2) is 30.0 Å². The highest BCUT2D eigenvalue weighted by atomic mass is 16.5. The van der Waals surface area contributed by atoms with E-state index in [0.29, 0.717) is 23.5 Å². The monoisotopic (exact) mass is 402 g/mol. The number of aromatic hydroxyl groups is 1. The van der Waals surface area contributed by atoms with Crippen molar-refractivity contribution in [1.29, 1.82) is 0 Å². The number of phenols is 1. The molecule has 0 bridgehead atoms. The average Bonchev–Trinajstić information content (AvgIpc) is 3.24. The van der Waals surface area contributed by atoms with Crippen molar-refractivity contribution in [2.24, 2.45) is 5.10 Å². The minimum Gasteiger partial charge on any atom is -0.507 e. The van der Waals surface area contributed by atoms with Gasteiger partial charge in [0.25, 0.3) is 0 Å². The lowest BCUT2D eigenvalue weighted by Gasteiger charge is -2.38. The normalized spacial score (nSPS) is 19.4. The van der Waals surface area contributed by atoms with E-state index in [0.717, 1.165) is 22.6 Å². The quantitative estimate of drug-likeness (QED) is 0.688. The van der Waals surface area contributed by atoms with Crippen LogP contribution in [0.25, 0.3) is 0 Å². The Morgan fingerprint density at radius 3 is 2.60 bits per heavy atom. The molecule has 6 nitrogen and oxygen atoms in total. The summed E-state index contributed by atoms with van der Waals surface area (Å²) in [6.45, 7) is 0. The van der Waals surface area contributed by atoms with Crippen molar-refractivity contribution in [3.63, 3.8) is 0 Å². The second kappa shape index (κ2) is 7.30. The molecule has 1 N–H and O–H groups in total. The number of para-hydroxylation sites is 1. The minimum absolute atomic E-state index is 0.0327. The van der Waals surface area contributed by atoms with Crippen LogP contribution in [0.5, 0.6) is 23.0 Å². The van der Waals surface area contributed by atoms with Crippen LogP contribution >= 0.6 is 0 Å². The maximum atomic E-state index is 10.5. The molecule has 0 saturated heterocycles. The first-order chi connectivity index (χ1) is 14.7. The van der Waals surface area contributed by atoms with Gasteiger partial charge in [-0.1, -0.05) is 42.5 Å². The number of hydrazone groups is 1. The maximum absolute atomic E-state index is 10.5. The molecule has 2 heterocycles. The molecule has 0 saturated carbocycles. The van der Waals surface area contributed by atoms with Gasteiger partial charge in [0.15, 0.2) is 11.5 Å². The Balaban J connectivity index is 1.63. The number of rotatable bonds is 4. The zero-order valence-electron chi connectivity index (χ0n) is 16.8. The Kier molecular flexibility index (Phi) is 4.47. The number of phenolic OH excluding ortho intramolecular Hbond substituents is 1. The molecule has 0 amide bonds. The van der Waals surface area contributed by atoms with E-state index in [9.17, 15) is 5.11 Å². The number of nitrogens with zero attached hydrogens (tertiary/aromatic N) is 2. The van der Waals surface area contributed by atoms with Gasteiger partial charge in [-0.15, -0.1) is 0 Å². The Hall–Kier alpha value is -3.67. The van der Waals surface area contributed by atoms with E-state index in [-0.39, 0.29) is 11.8 Å². The third kappa shape index (κ3) is 2.92. The van der Waals surface area contributed by atoms with Gasteiger partial charge in [0.1, 0.15) is 11.5 Å². The second-order valence-electron chi connectivity index (χ2n) is 7.29. The van der Waals surface area contributed by atoms with Gasteiger partial charge in [0, 0.05) is 23.1 Å². The van der Waals surface area contributed by atoms with Crippen LogP contribution in [0, 0.1) is 0 Å². The van der Waals surface area contributed by atoms with E-state index in [1.165, 1.54) is 0 Å². The zero-order valence-corrected chi connectivity index (χ0v) is 16.8. The van der Waals surface area contributed by atoms with E-state index >= 15 is 0 Å². The summed E-state index contributed by atoms with van der Waals surface area (Å²) in [6.07, 6.45) is 0.235. The smallest absolute Gasteiger partial charge is 0.214 e. The van der Waals surface area contributed by atoms with Crippen molar-refractivity contribution in [2.75, 3.05) is 14.2 Å². The van der Waals surface area contributed by atoms with Crippen LogP contribution in [0.4, 0.5) is 0 Å². The summed E-state index contributed by atoms with van der Waals surface area (Å²) >= 11 is 0. The second-order valence-corrected chi connectivity index (χ2v) is 7.29. The van der Waals surface area contributed by atoms with Crippen LogP contribution in [-0.2, 0) is 0 Å². The van der Waals surface area contributed by atoms with Crippen LogP contribution in [0.2, 0.25) is 0 Å². The lowest BCUT2D eigenvalue weighted by Crippen LogP contribution is -2.33. The van der Waals surface area contributed by atoms with E-state index in [4.69, 9.17) is 19.3 Å². The van der Waals surface area contributed by atoms with Gasteiger partial charge in [-0.25, -0.2) is 5.01 Å². The number of benzene rings is 3. The molecule has 0 aliphatic carbocycles. The Bertz CT molecular complexity index is 1110. The van der Waals surface area contributed by atoms with E-state index in [1.54, 1.807) is 26.4 Å². The first-order valence-corrected chi connectivity index (χ1v) is 9.81. The largest absolute Gasteiger partial charge is 0.507 e. The third-order valence-corrected chi connectivity index (χ3v) is 5.60. The fraction of sp³-hybridized carbons (Fsp3) is 0.208. The molecule has 3 aromatic rings. The van der Waals surface area contributed by atoms with E-state index in [2.05, 4.69) is 0 Å². The molecule has 2 aliphatic heterocycles. The predicted molar refractivity (Wildman–Crippen MR) is 113 cm³/mol. The molecule has 0 spiro atoms. The molecule has 5 rings (SSSR count). The summed E-state index contributed by atoms with van der Waals surface area (Å²) < 4.78 is 17.3. The van der Waals surface area contributed by atoms with Gasteiger partial charge >= 0.3 is 0 Å². The van der Waals surface area contributed by atoms with E-state index < -0.39 is 6.23 Å². The number of fused-ring (bicyclic) bond motifs is 3. The minimum atomic E-state index is -0.398. The molecule has 0 fully saturated rings. The zero-order chi connectivity index (χ0) is 20.7. The maximum Gasteiger partial charge on any atom is 0.214 e. The molecule has 2 atom stereocenters.